The Hall–Kier alpha value is -6.82. The molecule has 0 aliphatic carbocycles. The fourth-order valence-corrected chi connectivity index (χ4v) is 10.9. The molecule has 5 aromatic rings. The number of nitrogens with two attached hydrogens (primary N) is 1. The maximum absolute atomic E-state index is 14.3. The van der Waals surface area contributed by atoms with Crippen LogP contribution in [0.2, 0.25) is 0 Å². The van der Waals surface area contributed by atoms with Crippen molar-refractivity contribution < 1.29 is 65.9 Å². The summed E-state index contributed by atoms with van der Waals surface area (Å²) in [5.41, 5.74) is 10.9. The molecule has 17 nitrogen and oxygen atoms in total. The van der Waals surface area contributed by atoms with E-state index in [-0.39, 0.29) is 105 Å². The Labute approximate surface area is 451 Å². The lowest BCUT2D eigenvalue weighted by Gasteiger charge is -2.35. The predicted molar refractivity (Wildman–Crippen MR) is 282 cm³/mol. The molecule has 2 saturated heterocycles. The van der Waals surface area contributed by atoms with Crippen molar-refractivity contribution in [3.63, 3.8) is 0 Å². The molecule has 4 heterocycles. The first-order chi connectivity index (χ1) is 36.9. The SMILES string of the molecule is COc1cc(/C=C2\SC(=O)N(CCOCCOCCCOc3cc(-c4scnc4C)ccc3CNC(=O)[C@@H]3C[C@@H](O)CN3C(=O)[C@H](C(C)C)N3Cc4ccccc4C3=O)C2=O)ccc1Oc1ccc(CN)cc1C(F)(F)F. The highest BCUT2D eigenvalue weighted by atomic mass is 32.2. The first-order valence-electron chi connectivity index (χ1n) is 24.9. The van der Waals surface area contributed by atoms with Gasteiger partial charge >= 0.3 is 6.18 Å². The van der Waals surface area contributed by atoms with Crippen molar-refractivity contribution in [2.24, 2.45) is 11.7 Å². The Morgan fingerprint density at radius 2 is 1.69 bits per heavy atom. The molecule has 408 valence electrons. The molecule has 77 heavy (non-hydrogen) atoms. The number of halogens is 3. The molecule has 22 heteroatoms. The van der Waals surface area contributed by atoms with Crippen molar-refractivity contribution in [3.05, 3.63) is 128 Å². The van der Waals surface area contributed by atoms with Crippen LogP contribution in [-0.4, -0.2) is 125 Å². The molecule has 0 saturated carbocycles. The quantitative estimate of drug-likeness (QED) is 0.0416. The van der Waals surface area contributed by atoms with Crippen LogP contribution in [0.4, 0.5) is 18.0 Å². The van der Waals surface area contributed by atoms with E-state index in [0.29, 0.717) is 35.5 Å². The summed E-state index contributed by atoms with van der Waals surface area (Å²) in [5.74, 6) is -1.65. The molecule has 3 aliphatic heterocycles. The van der Waals surface area contributed by atoms with Gasteiger partial charge in [0, 0.05) is 56.8 Å². The molecule has 8 rings (SSSR count). The van der Waals surface area contributed by atoms with Gasteiger partial charge in [0.15, 0.2) is 11.5 Å². The number of imide groups is 1. The van der Waals surface area contributed by atoms with Gasteiger partial charge in [0.2, 0.25) is 11.8 Å². The number of thioether (sulfide) groups is 1. The number of carbonyl (C=O) groups excluding carboxylic acids is 5. The van der Waals surface area contributed by atoms with Crippen LogP contribution < -0.4 is 25.3 Å². The zero-order valence-corrected chi connectivity index (χ0v) is 44.4. The monoisotopic (exact) mass is 1100 g/mol. The summed E-state index contributed by atoms with van der Waals surface area (Å²) in [7, 11) is 1.33. The lowest BCUT2D eigenvalue weighted by Crippen LogP contribution is -2.55. The number of hydrogen-bond acceptors (Lipinski definition) is 15. The number of nitrogens with zero attached hydrogens (tertiary/aromatic N) is 4. The number of ether oxygens (including phenoxy) is 5. The van der Waals surface area contributed by atoms with Crippen molar-refractivity contribution in [2.45, 2.75) is 77.6 Å². The van der Waals surface area contributed by atoms with Crippen LogP contribution in [0.1, 0.15) is 70.6 Å². The van der Waals surface area contributed by atoms with E-state index in [1.807, 2.05) is 51.1 Å². The molecule has 0 spiro atoms. The van der Waals surface area contributed by atoms with E-state index < -0.39 is 52.7 Å². The summed E-state index contributed by atoms with van der Waals surface area (Å²) in [4.78, 5) is 77.2. The molecule has 0 unspecified atom stereocenters. The zero-order valence-electron chi connectivity index (χ0n) is 42.8. The Bertz CT molecular complexity index is 3020. The van der Waals surface area contributed by atoms with E-state index in [1.54, 1.807) is 22.5 Å². The maximum atomic E-state index is 14.3. The van der Waals surface area contributed by atoms with Crippen LogP contribution in [0.25, 0.3) is 16.5 Å². The van der Waals surface area contributed by atoms with Gasteiger partial charge in [0.05, 0.1) is 72.7 Å². The second-order valence-corrected chi connectivity index (χ2v) is 20.6. The number of aromatic nitrogens is 1. The Morgan fingerprint density at radius 3 is 2.40 bits per heavy atom. The Kier molecular flexibility index (Phi) is 18.4. The number of nitrogens with one attached hydrogen (secondary N) is 1. The van der Waals surface area contributed by atoms with E-state index in [2.05, 4.69) is 10.3 Å². The molecule has 3 atom stereocenters. The topological polar surface area (TPSA) is 212 Å². The van der Waals surface area contributed by atoms with E-state index >= 15 is 0 Å². The second kappa shape index (κ2) is 25.1. The third-order valence-electron chi connectivity index (χ3n) is 13.1. The second-order valence-electron chi connectivity index (χ2n) is 18.8. The average Bonchev–Trinajstić information content (AvgIpc) is 4.21. The van der Waals surface area contributed by atoms with Gasteiger partial charge < -0.3 is 49.6 Å². The lowest BCUT2D eigenvalue weighted by atomic mass is 10.0. The molecule has 3 aliphatic rings. The van der Waals surface area contributed by atoms with Crippen molar-refractivity contribution in [3.8, 4) is 33.4 Å². The van der Waals surface area contributed by atoms with Crippen molar-refractivity contribution in [1.82, 2.24) is 25.0 Å². The number of fused-ring (bicyclic) bond motifs is 1. The molecule has 0 bridgehead atoms. The number of methoxy groups -OCH3 is 1. The van der Waals surface area contributed by atoms with E-state index in [4.69, 9.17) is 29.4 Å². The van der Waals surface area contributed by atoms with Crippen molar-refractivity contribution in [1.29, 1.82) is 0 Å². The third kappa shape index (κ3) is 13.3. The Morgan fingerprint density at radius 1 is 0.922 bits per heavy atom. The van der Waals surface area contributed by atoms with Gasteiger partial charge in [-0.05, 0) is 89.3 Å². The number of aryl methyl sites for hydroxylation is 1. The van der Waals surface area contributed by atoms with Gasteiger partial charge in [-0.3, -0.25) is 28.9 Å². The van der Waals surface area contributed by atoms with Crippen LogP contribution in [0.5, 0.6) is 23.0 Å². The number of carbonyl (C=O) groups is 5. The van der Waals surface area contributed by atoms with Crippen LogP contribution in [-0.2, 0) is 49.7 Å². The molecule has 4 aromatic carbocycles. The standard InChI is InChI=1S/C55H59F3N6O11S2/c1-32(2)48(64-29-38-8-5-6-9-40(38)51(64)67)53(69)63-30-39(65)26-42(63)50(66)60-28-37-13-12-36(49-33(3)61-31-76-49)25-45(37)74-18-7-17-72-20-21-73-19-16-62-52(68)47(77-54(62)70)24-34-10-15-44(46(23-34)71-4)75-43-14-11-35(27-59)22-41(43)55(56,57)58/h5-6,8-15,22-25,31-32,39,42,48,65H,7,16-21,26-30,59H2,1-4H3,(H,60,66)/b47-24-/t39-,42+,48+/m1/s1. The van der Waals surface area contributed by atoms with Gasteiger partial charge in [-0.25, -0.2) is 4.98 Å². The average molecular weight is 1100 g/mol. The largest absolute Gasteiger partial charge is 0.493 e. The van der Waals surface area contributed by atoms with Gasteiger partial charge in [-0.15, -0.1) is 11.3 Å². The molecule has 4 N–H and O–H groups in total. The number of thiazole rings is 1. The van der Waals surface area contributed by atoms with E-state index in [9.17, 15) is 42.3 Å². The summed E-state index contributed by atoms with van der Waals surface area (Å²) >= 11 is 2.24. The van der Waals surface area contributed by atoms with Crippen LogP contribution in [0.15, 0.2) is 89.3 Å². The van der Waals surface area contributed by atoms with Crippen molar-refractivity contribution >= 4 is 58.0 Å². The van der Waals surface area contributed by atoms with Crippen LogP contribution in [0, 0.1) is 12.8 Å². The first-order valence-corrected chi connectivity index (χ1v) is 26.6. The fraction of sp³-hybridized carbons (Fsp3) is 0.382. The highest BCUT2D eigenvalue weighted by Crippen LogP contribution is 2.42. The number of aliphatic hydroxyl groups excluding tert-OH is 1. The van der Waals surface area contributed by atoms with Gasteiger partial charge in [-0.2, -0.15) is 13.2 Å². The van der Waals surface area contributed by atoms with Crippen LogP contribution >= 0.6 is 23.1 Å². The number of amides is 5. The highest BCUT2D eigenvalue weighted by Gasteiger charge is 2.46. The zero-order chi connectivity index (χ0) is 55.0. The molecular formula is C55H59F3N6O11S2. The summed E-state index contributed by atoms with van der Waals surface area (Å²) in [6.45, 7) is 6.94. The summed E-state index contributed by atoms with van der Waals surface area (Å²) in [6, 6.07) is 19.1. The normalized spacial score (nSPS) is 17.5. The molecule has 5 amide bonds. The number of alkyl halides is 3. The van der Waals surface area contributed by atoms with Gasteiger partial charge in [0.25, 0.3) is 17.1 Å². The van der Waals surface area contributed by atoms with Gasteiger partial charge in [0.1, 0.15) is 23.6 Å². The highest BCUT2D eigenvalue weighted by molar-refractivity contribution is 8.18. The maximum Gasteiger partial charge on any atom is 0.419 e. The van der Waals surface area contributed by atoms with Crippen LogP contribution in [0.3, 0.4) is 0 Å². The molecule has 2 fully saturated rings. The number of rotatable bonds is 23. The summed E-state index contributed by atoms with van der Waals surface area (Å²) < 4.78 is 70.2. The van der Waals surface area contributed by atoms with Gasteiger partial charge in [-0.1, -0.05) is 56.3 Å². The number of aliphatic hydroxyl groups is 1. The van der Waals surface area contributed by atoms with Crippen molar-refractivity contribution in [2.75, 3.05) is 53.2 Å². The fourth-order valence-electron chi connectivity index (χ4n) is 9.27. The van der Waals surface area contributed by atoms with E-state index in [0.717, 1.165) is 44.4 Å². The number of benzene rings is 4. The molecule has 1 aromatic heterocycles. The van der Waals surface area contributed by atoms with E-state index in [1.165, 1.54) is 59.8 Å². The summed E-state index contributed by atoms with van der Waals surface area (Å²) in [5, 5.41) is 13.2. The minimum Gasteiger partial charge on any atom is -0.493 e. The Balaban J connectivity index is 0.790. The minimum absolute atomic E-state index is 0.00499. The molecular weight excluding hydrogens is 1040 g/mol. The predicted octanol–water partition coefficient (Wildman–Crippen LogP) is 8.19. The minimum atomic E-state index is -4.70. The smallest absolute Gasteiger partial charge is 0.419 e. The number of hydrogen-bond donors (Lipinski definition) is 3. The number of likely N-dealkylation sites (tertiary alicyclic amines) is 1. The molecule has 0 radical (unpaired) electrons. The number of β-amino-alcohol motifs (C(OH)–C–C–N with tert-alkyl or cyclic N) is 1. The summed E-state index contributed by atoms with van der Waals surface area (Å²) in [6.07, 6.45) is -3.58. The lowest BCUT2D eigenvalue weighted by molar-refractivity contribution is -0.143. The first kappa shape index (κ1) is 56.4. The third-order valence-corrected chi connectivity index (χ3v) is 15.0.